The van der Waals surface area contributed by atoms with Crippen molar-refractivity contribution in [2.75, 3.05) is 13.1 Å². The first kappa shape index (κ1) is 23.1. The summed E-state index contributed by atoms with van der Waals surface area (Å²) in [6, 6.07) is 12.8. The van der Waals surface area contributed by atoms with E-state index < -0.39 is 0 Å². The third-order valence-corrected chi connectivity index (χ3v) is 2.29. The van der Waals surface area contributed by atoms with Gasteiger partial charge in [0.1, 0.15) is 11.5 Å². The minimum absolute atomic E-state index is 0. The Bertz CT molecular complexity index is 528. The molecular weight excluding hydrogens is 343 g/mol. The molecule has 0 aliphatic heterocycles. The molecule has 0 aliphatic rings. The molecule has 23 heavy (non-hydrogen) atoms. The average Bonchev–Trinajstić information content (AvgIpc) is 2.56. The summed E-state index contributed by atoms with van der Waals surface area (Å²) in [5.74, 6) is 0.0694. The maximum Gasteiger partial charge on any atom is 0.153 e. The molecule has 0 aliphatic carbocycles. The SMILES string of the molecule is NCCN.O=Cc1ccccc1O.O=Cc1ccccc1O.[Co]. The molecule has 0 spiro atoms. The van der Waals surface area contributed by atoms with Crippen LogP contribution >= 0.6 is 0 Å². The first-order valence-corrected chi connectivity index (χ1v) is 6.47. The van der Waals surface area contributed by atoms with Gasteiger partial charge in [-0.1, -0.05) is 24.3 Å². The quantitative estimate of drug-likeness (QED) is 0.609. The van der Waals surface area contributed by atoms with Gasteiger partial charge in [0.05, 0.1) is 11.1 Å². The van der Waals surface area contributed by atoms with Crippen molar-refractivity contribution in [3.05, 3.63) is 59.7 Å². The molecule has 0 unspecified atom stereocenters. The van der Waals surface area contributed by atoms with Gasteiger partial charge in [-0.3, -0.25) is 9.59 Å². The van der Waals surface area contributed by atoms with Gasteiger partial charge in [0.2, 0.25) is 0 Å². The van der Waals surface area contributed by atoms with Gasteiger partial charge < -0.3 is 21.7 Å². The Hall–Kier alpha value is -2.19. The van der Waals surface area contributed by atoms with E-state index in [9.17, 15) is 9.59 Å². The Kier molecular flexibility index (Phi) is 14.8. The van der Waals surface area contributed by atoms with E-state index in [0.717, 1.165) is 0 Å². The van der Waals surface area contributed by atoms with Gasteiger partial charge in [-0.2, -0.15) is 0 Å². The molecule has 0 amide bonds. The molecule has 0 heterocycles. The summed E-state index contributed by atoms with van der Waals surface area (Å²) >= 11 is 0. The van der Waals surface area contributed by atoms with Crippen LogP contribution in [-0.2, 0) is 16.8 Å². The van der Waals surface area contributed by atoms with E-state index in [1.807, 2.05) is 0 Å². The summed E-state index contributed by atoms with van der Waals surface area (Å²) in [4.78, 5) is 20.1. The summed E-state index contributed by atoms with van der Waals surface area (Å²) in [6.07, 6.45) is 1.24. The van der Waals surface area contributed by atoms with E-state index in [-0.39, 0.29) is 28.3 Å². The van der Waals surface area contributed by atoms with Crippen LogP contribution in [0.4, 0.5) is 0 Å². The number of rotatable bonds is 3. The molecule has 0 atom stereocenters. The zero-order chi connectivity index (χ0) is 16.8. The number of phenolic OH excluding ortho intramolecular Hbond substituents is 2. The first-order chi connectivity index (χ1) is 10.6. The molecular formula is C16H20CoN2O4. The van der Waals surface area contributed by atoms with Crippen molar-refractivity contribution in [1.29, 1.82) is 0 Å². The van der Waals surface area contributed by atoms with E-state index in [0.29, 0.717) is 36.8 Å². The third-order valence-electron chi connectivity index (χ3n) is 2.29. The fourth-order valence-electron chi connectivity index (χ4n) is 1.17. The monoisotopic (exact) mass is 363 g/mol. The molecule has 6 N–H and O–H groups in total. The normalized spacial score (nSPS) is 8.26. The number of nitrogens with two attached hydrogens (primary N) is 2. The number of aromatic hydroxyl groups is 2. The van der Waals surface area contributed by atoms with Crippen molar-refractivity contribution in [3.8, 4) is 11.5 Å². The Morgan fingerprint density at radius 1 is 0.739 bits per heavy atom. The minimum atomic E-state index is 0. The molecule has 7 heteroatoms. The van der Waals surface area contributed by atoms with Crippen LogP contribution in [0.3, 0.4) is 0 Å². The van der Waals surface area contributed by atoms with Gasteiger partial charge >= 0.3 is 0 Å². The summed E-state index contributed by atoms with van der Waals surface area (Å²) in [6.45, 7) is 1.19. The number of carbonyl (C=O) groups excluding carboxylic acids is 2. The van der Waals surface area contributed by atoms with Crippen molar-refractivity contribution >= 4 is 12.6 Å². The van der Waals surface area contributed by atoms with Crippen LogP contribution in [0, 0.1) is 0 Å². The molecule has 0 saturated carbocycles. The third kappa shape index (κ3) is 10.2. The second-order valence-electron chi connectivity index (χ2n) is 3.93. The molecule has 127 valence electrons. The van der Waals surface area contributed by atoms with Gasteiger partial charge in [0.15, 0.2) is 12.6 Å². The van der Waals surface area contributed by atoms with Crippen LogP contribution in [0.2, 0.25) is 0 Å². The molecule has 0 fully saturated rings. The van der Waals surface area contributed by atoms with E-state index in [4.69, 9.17) is 21.7 Å². The van der Waals surface area contributed by atoms with Crippen LogP contribution < -0.4 is 11.5 Å². The summed E-state index contributed by atoms with van der Waals surface area (Å²) < 4.78 is 0. The van der Waals surface area contributed by atoms with Crippen LogP contribution in [0.1, 0.15) is 20.7 Å². The largest absolute Gasteiger partial charge is 0.507 e. The number of hydrogen-bond donors (Lipinski definition) is 4. The number of para-hydroxylation sites is 2. The number of carbonyl (C=O) groups is 2. The predicted octanol–water partition coefficient (Wildman–Crippen LogP) is 1.31. The van der Waals surface area contributed by atoms with Gasteiger partial charge in [0.25, 0.3) is 0 Å². The van der Waals surface area contributed by atoms with E-state index in [1.54, 1.807) is 36.4 Å². The maximum absolute atomic E-state index is 10.1. The van der Waals surface area contributed by atoms with Crippen LogP contribution in [0.5, 0.6) is 11.5 Å². The second-order valence-corrected chi connectivity index (χ2v) is 3.93. The van der Waals surface area contributed by atoms with Gasteiger partial charge in [0, 0.05) is 29.9 Å². The van der Waals surface area contributed by atoms with Crippen LogP contribution in [0.25, 0.3) is 0 Å². The smallest absolute Gasteiger partial charge is 0.153 e. The van der Waals surface area contributed by atoms with Crippen molar-refractivity contribution in [1.82, 2.24) is 0 Å². The van der Waals surface area contributed by atoms with Crippen molar-refractivity contribution in [2.45, 2.75) is 0 Å². The van der Waals surface area contributed by atoms with E-state index in [2.05, 4.69) is 0 Å². The first-order valence-electron chi connectivity index (χ1n) is 6.47. The molecule has 1 radical (unpaired) electrons. The molecule has 2 aromatic carbocycles. The fraction of sp³-hybridized carbons (Fsp3) is 0.125. The minimum Gasteiger partial charge on any atom is -0.507 e. The molecule has 6 nitrogen and oxygen atoms in total. The van der Waals surface area contributed by atoms with Crippen LogP contribution in [0.15, 0.2) is 48.5 Å². The van der Waals surface area contributed by atoms with Crippen molar-refractivity contribution in [2.24, 2.45) is 11.5 Å². The Balaban J connectivity index is 0. The van der Waals surface area contributed by atoms with Gasteiger partial charge in [-0.25, -0.2) is 0 Å². The number of benzene rings is 2. The number of hydrogen-bond acceptors (Lipinski definition) is 6. The molecule has 0 bridgehead atoms. The van der Waals surface area contributed by atoms with Crippen molar-refractivity contribution < 1.29 is 36.6 Å². The van der Waals surface area contributed by atoms with E-state index in [1.165, 1.54) is 12.1 Å². The summed E-state index contributed by atoms with van der Waals surface area (Å²) in [7, 11) is 0. The fourth-order valence-corrected chi connectivity index (χ4v) is 1.17. The van der Waals surface area contributed by atoms with E-state index >= 15 is 0 Å². The van der Waals surface area contributed by atoms with Crippen molar-refractivity contribution in [3.63, 3.8) is 0 Å². The summed E-state index contributed by atoms with van der Waals surface area (Å²) in [5.41, 5.74) is 10.5. The molecule has 2 rings (SSSR count). The molecule has 0 aromatic heterocycles. The predicted molar refractivity (Wildman–Crippen MR) is 85.1 cm³/mol. The molecule has 2 aromatic rings. The van der Waals surface area contributed by atoms with Crippen LogP contribution in [-0.4, -0.2) is 35.9 Å². The maximum atomic E-state index is 10.1. The number of phenols is 2. The Labute approximate surface area is 145 Å². The standard InChI is InChI=1S/2C7H6O2.C2H8N2.Co/c2*8-5-6-3-1-2-4-7(6)9;3-1-2-4;/h2*1-5,9H;1-4H2;. The average molecular weight is 363 g/mol. The van der Waals surface area contributed by atoms with Gasteiger partial charge in [-0.05, 0) is 24.3 Å². The van der Waals surface area contributed by atoms with Gasteiger partial charge in [-0.15, -0.1) is 0 Å². The Morgan fingerprint density at radius 2 is 1.04 bits per heavy atom. The zero-order valence-corrected chi connectivity index (χ0v) is 13.4. The summed E-state index contributed by atoms with van der Waals surface area (Å²) in [5, 5.41) is 17.8. The topological polar surface area (TPSA) is 127 Å². The number of aldehydes is 2. The Morgan fingerprint density at radius 3 is 1.22 bits per heavy atom. The second kappa shape index (κ2) is 14.7. The zero-order valence-electron chi connectivity index (χ0n) is 12.4. The molecule has 0 saturated heterocycles.